The van der Waals surface area contributed by atoms with Gasteiger partial charge in [-0.3, -0.25) is 4.79 Å². The smallest absolute Gasteiger partial charge is 0.254 e. The molecule has 0 bridgehead atoms. The Bertz CT molecular complexity index is 661. The highest BCUT2D eigenvalue weighted by Gasteiger charge is 2.35. The molecule has 1 saturated carbocycles. The van der Waals surface area contributed by atoms with Crippen molar-refractivity contribution in [1.82, 2.24) is 14.9 Å². The molecule has 2 heterocycles. The quantitative estimate of drug-likeness (QED) is 0.872. The molecule has 4 heteroatoms. The summed E-state index contributed by atoms with van der Waals surface area (Å²) in [6.07, 6.45) is 9.22. The summed E-state index contributed by atoms with van der Waals surface area (Å²) in [6, 6.07) is 6.26. The van der Waals surface area contributed by atoms with Gasteiger partial charge in [0.15, 0.2) is 0 Å². The highest BCUT2D eigenvalue weighted by Crippen LogP contribution is 2.36. The van der Waals surface area contributed by atoms with Crippen LogP contribution in [0.15, 0.2) is 24.5 Å². The molecule has 110 valence electrons. The molecule has 1 amide bonds. The number of fused-ring (bicyclic) bond motifs is 2. The van der Waals surface area contributed by atoms with Crippen LogP contribution in [0.25, 0.3) is 11.0 Å². The van der Waals surface area contributed by atoms with Gasteiger partial charge in [-0.25, -0.2) is 4.98 Å². The third-order valence-corrected chi connectivity index (χ3v) is 5.17. The number of H-pyrrole nitrogens is 1. The summed E-state index contributed by atoms with van der Waals surface area (Å²) < 4.78 is 0. The summed E-state index contributed by atoms with van der Waals surface area (Å²) in [5.41, 5.74) is 2.65. The first-order chi connectivity index (χ1) is 10.3. The Balaban J connectivity index is 1.63. The van der Waals surface area contributed by atoms with Crippen LogP contribution in [0.3, 0.4) is 0 Å². The van der Waals surface area contributed by atoms with Crippen molar-refractivity contribution in [3.05, 3.63) is 30.1 Å². The van der Waals surface area contributed by atoms with E-state index in [4.69, 9.17) is 0 Å². The average Bonchev–Trinajstić information content (AvgIpc) is 3.01. The number of likely N-dealkylation sites (tertiary alicyclic amines) is 1. The normalized spacial score (nSPS) is 25.8. The topological polar surface area (TPSA) is 49.0 Å². The maximum absolute atomic E-state index is 12.9. The van der Waals surface area contributed by atoms with E-state index in [1.165, 1.54) is 32.1 Å². The van der Waals surface area contributed by atoms with E-state index >= 15 is 0 Å². The molecule has 1 aromatic heterocycles. The Morgan fingerprint density at radius 1 is 1.19 bits per heavy atom. The molecule has 1 aromatic carbocycles. The number of carbonyl (C=O) groups is 1. The molecule has 2 atom stereocenters. The van der Waals surface area contributed by atoms with Crippen molar-refractivity contribution in [3.63, 3.8) is 0 Å². The molecular formula is C17H21N3O. The van der Waals surface area contributed by atoms with Crippen molar-refractivity contribution in [1.29, 1.82) is 0 Å². The SMILES string of the molecule is O=C(c1ccc2nc[nH]c2c1)N1CCCC2CCCCC21. The first-order valence-corrected chi connectivity index (χ1v) is 8.07. The van der Waals surface area contributed by atoms with Crippen molar-refractivity contribution in [2.45, 2.75) is 44.6 Å². The third-order valence-electron chi connectivity index (χ3n) is 5.17. The van der Waals surface area contributed by atoms with Crippen LogP contribution in [0.4, 0.5) is 0 Å². The number of aromatic amines is 1. The Kier molecular flexibility index (Phi) is 3.17. The van der Waals surface area contributed by atoms with Crippen LogP contribution >= 0.6 is 0 Å². The maximum Gasteiger partial charge on any atom is 0.254 e. The average molecular weight is 283 g/mol. The lowest BCUT2D eigenvalue weighted by Crippen LogP contribution is -2.49. The van der Waals surface area contributed by atoms with Gasteiger partial charge in [0.2, 0.25) is 0 Å². The standard InChI is InChI=1S/C17H21N3O/c21-17(13-7-8-14-15(10-13)19-11-18-14)20-9-3-5-12-4-1-2-6-16(12)20/h7-8,10-12,16H,1-6,9H2,(H,18,19). The number of carbonyl (C=O) groups excluding carboxylic acids is 1. The van der Waals surface area contributed by atoms with E-state index in [2.05, 4.69) is 14.9 Å². The number of hydrogen-bond donors (Lipinski definition) is 1. The molecule has 2 aromatic rings. The highest BCUT2D eigenvalue weighted by atomic mass is 16.2. The Labute approximate surface area is 124 Å². The van der Waals surface area contributed by atoms with Gasteiger partial charge < -0.3 is 9.88 Å². The van der Waals surface area contributed by atoms with Crippen LogP contribution in [0, 0.1) is 5.92 Å². The zero-order valence-electron chi connectivity index (χ0n) is 12.2. The minimum absolute atomic E-state index is 0.197. The van der Waals surface area contributed by atoms with Gasteiger partial charge in [-0.15, -0.1) is 0 Å². The fourth-order valence-electron chi connectivity index (χ4n) is 4.11. The van der Waals surface area contributed by atoms with Gasteiger partial charge in [-0.2, -0.15) is 0 Å². The Hall–Kier alpha value is -1.84. The molecule has 2 unspecified atom stereocenters. The molecule has 2 aliphatic rings. The fraction of sp³-hybridized carbons (Fsp3) is 0.529. The molecule has 4 rings (SSSR count). The van der Waals surface area contributed by atoms with Gasteiger partial charge in [-0.05, 0) is 49.8 Å². The molecule has 1 aliphatic heterocycles. The van der Waals surface area contributed by atoms with Crippen molar-refractivity contribution < 1.29 is 4.79 Å². The number of aromatic nitrogens is 2. The van der Waals surface area contributed by atoms with Crippen LogP contribution in [0.2, 0.25) is 0 Å². The van der Waals surface area contributed by atoms with Crippen LogP contribution in [0.5, 0.6) is 0 Å². The number of imidazole rings is 1. The van der Waals surface area contributed by atoms with E-state index in [-0.39, 0.29) is 5.91 Å². The first kappa shape index (κ1) is 12.9. The van der Waals surface area contributed by atoms with Gasteiger partial charge >= 0.3 is 0 Å². The molecule has 0 spiro atoms. The predicted molar refractivity (Wildman–Crippen MR) is 82.1 cm³/mol. The molecule has 1 saturated heterocycles. The minimum Gasteiger partial charge on any atom is -0.345 e. The first-order valence-electron chi connectivity index (χ1n) is 8.07. The summed E-state index contributed by atoms with van der Waals surface area (Å²) >= 11 is 0. The molecule has 21 heavy (non-hydrogen) atoms. The molecule has 4 nitrogen and oxygen atoms in total. The third kappa shape index (κ3) is 2.23. The predicted octanol–water partition coefficient (Wildman–Crippen LogP) is 3.36. The van der Waals surface area contributed by atoms with Crippen molar-refractivity contribution >= 4 is 16.9 Å². The number of benzene rings is 1. The van der Waals surface area contributed by atoms with Crippen LogP contribution in [-0.4, -0.2) is 33.4 Å². The summed E-state index contributed by atoms with van der Waals surface area (Å²) in [7, 11) is 0. The minimum atomic E-state index is 0.197. The van der Waals surface area contributed by atoms with Crippen molar-refractivity contribution in [2.75, 3.05) is 6.54 Å². The van der Waals surface area contributed by atoms with Gasteiger partial charge in [0, 0.05) is 18.2 Å². The summed E-state index contributed by atoms with van der Waals surface area (Å²) in [6.45, 7) is 0.918. The second-order valence-corrected chi connectivity index (χ2v) is 6.39. The molecular weight excluding hydrogens is 262 g/mol. The lowest BCUT2D eigenvalue weighted by molar-refractivity contribution is 0.0391. The molecule has 2 fully saturated rings. The fourth-order valence-corrected chi connectivity index (χ4v) is 4.11. The second kappa shape index (κ2) is 5.17. The monoisotopic (exact) mass is 283 g/mol. The van der Waals surface area contributed by atoms with E-state index in [1.54, 1.807) is 6.33 Å². The second-order valence-electron chi connectivity index (χ2n) is 6.39. The Morgan fingerprint density at radius 2 is 2.05 bits per heavy atom. The molecule has 0 radical (unpaired) electrons. The number of rotatable bonds is 1. The number of nitrogens with one attached hydrogen (secondary N) is 1. The van der Waals surface area contributed by atoms with Crippen molar-refractivity contribution in [3.8, 4) is 0 Å². The van der Waals surface area contributed by atoms with E-state index in [1.807, 2.05) is 18.2 Å². The highest BCUT2D eigenvalue weighted by molar-refractivity contribution is 5.97. The largest absolute Gasteiger partial charge is 0.345 e. The van der Waals surface area contributed by atoms with E-state index in [9.17, 15) is 4.79 Å². The molecule has 1 aliphatic carbocycles. The van der Waals surface area contributed by atoms with E-state index < -0.39 is 0 Å². The zero-order chi connectivity index (χ0) is 14.2. The molecule has 1 N–H and O–H groups in total. The van der Waals surface area contributed by atoms with Gasteiger partial charge in [0.25, 0.3) is 5.91 Å². The van der Waals surface area contributed by atoms with Crippen LogP contribution in [0.1, 0.15) is 48.9 Å². The maximum atomic E-state index is 12.9. The number of piperidine rings is 1. The number of nitrogens with zero attached hydrogens (tertiary/aromatic N) is 2. The summed E-state index contributed by atoms with van der Waals surface area (Å²) in [4.78, 5) is 22.4. The zero-order valence-corrected chi connectivity index (χ0v) is 12.2. The van der Waals surface area contributed by atoms with Crippen molar-refractivity contribution in [2.24, 2.45) is 5.92 Å². The van der Waals surface area contributed by atoms with Gasteiger partial charge in [-0.1, -0.05) is 12.8 Å². The summed E-state index contributed by atoms with van der Waals surface area (Å²) in [5, 5.41) is 0. The van der Waals surface area contributed by atoms with Gasteiger partial charge in [0.1, 0.15) is 0 Å². The lowest BCUT2D eigenvalue weighted by Gasteiger charge is -2.44. The number of hydrogen-bond acceptors (Lipinski definition) is 2. The number of amides is 1. The van der Waals surface area contributed by atoms with E-state index in [0.29, 0.717) is 6.04 Å². The van der Waals surface area contributed by atoms with Gasteiger partial charge in [0.05, 0.1) is 17.4 Å². The van der Waals surface area contributed by atoms with E-state index in [0.717, 1.165) is 35.5 Å². The summed E-state index contributed by atoms with van der Waals surface area (Å²) in [5.74, 6) is 0.926. The van der Waals surface area contributed by atoms with Crippen LogP contribution in [-0.2, 0) is 0 Å². The lowest BCUT2D eigenvalue weighted by atomic mass is 9.78. The van der Waals surface area contributed by atoms with Crippen LogP contribution < -0.4 is 0 Å². The Morgan fingerprint density at radius 3 is 3.00 bits per heavy atom.